The molecule has 0 saturated heterocycles. The van der Waals surface area contributed by atoms with E-state index in [0.717, 1.165) is 11.5 Å². The van der Waals surface area contributed by atoms with Gasteiger partial charge in [-0.2, -0.15) is 5.10 Å². The highest BCUT2D eigenvalue weighted by Crippen LogP contribution is 2.13. The lowest BCUT2D eigenvalue weighted by atomic mass is 10.3. The molecule has 0 saturated carbocycles. The molecule has 0 radical (unpaired) electrons. The van der Waals surface area contributed by atoms with Crippen LogP contribution in [0.3, 0.4) is 0 Å². The maximum Gasteiger partial charge on any atom is 0.159 e. The number of anilines is 1. The molecule has 0 aromatic carbocycles. The minimum Gasteiger partial charge on any atom is -0.465 e. The first-order valence-electron chi connectivity index (χ1n) is 5.07. The molecule has 2 aromatic heterocycles. The van der Waals surface area contributed by atoms with E-state index in [1.54, 1.807) is 12.3 Å². The van der Waals surface area contributed by atoms with Crippen molar-refractivity contribution in [3.05, 3.63) is 41.5 Å². The van der Waals surface area contributed by atoms with Crippen molar-refractivity contribution in [1.29, 1.82) is 0 Å². The Morgan fingerprint density at radius 1 is 1.47 bits per heavy atom. The second-order valence-electron chi connectivity index (χ2n) is 3.52. The van der Waals surface area contributed by atoms with E-state index in [2.05, 4.69) is 15.5 Å². The number of hydrogen-bond donors (Lipinski definition) is 2. The number of nitrogens with two attached hydrogens (primary N) is 1. The lowest BCUT2D eigenvalue weighted by Gasteiger charge is -2.07. The van der Waals surface area contributed by atoms with E-state index in [9.17, 15) is 0 Å². The summed E-state index contributed by atoms with van der Waals surface area (Å²) in [6.07, 6.45) is 1.55. The first-order valence-corrected chi connectivity index (χ1v) is 5.48. The summed E-state index contributed by atoms with van der Waals surface area (Å²) in [6, 6.07) is 5.53. The number of rotatable bonds is 4. The third-order valence-corrected chi connectivity index (χ3v) is 2.43. The second-order valence-corrected chi connectivity index (χ2v) is 3.96. The first kappa shape index (κ1) is 11.5. The van der Waals surface area contributed by atoms with Gasteiger partial charge in [-0.3, -0.25) is 0 Å². The lowest BCUT2D eigenvalue weighted by molar-refractivity contribution is 0.490. The number of nitrogens with one attached hydrogen (secondary N) is 1. The van der Waals surface area contributed by atoms with Crippen molar-refractivity contribution >= 4 is 23.0 Å². The van der Waals surface area contributed by atoms with Crippen molar-refractivity contribution in [2.75, 3.05) is 5.32 Å². The Morgan fingerprint density at radius 2 is 2.29 bits per heavy atom. The third kappa shape index (κ3) is 2.79. The number of aryl methyl sites for hydroxylation is 1. The zero-order valence-electron chi connectivity index (χ0n) is 9.30. The molecule has 5 nitrogen and oxygen atoms in total. The van der Waals surface area contributed by atoms with Gasteiger partial charge in [-0.05, 0) is 25.1 Å². The zero-order chi connectivity index (χ0) is 12.3. The zero-order valence-corrected chi connectivity index (χ0v) is 10.1. The highest BCUT2D eigenvalue weighted by molar-refractivity contribution is 7.80. The average Bonchev–Trinajstić information content (AvgIpc) is 2.73. The largest absolute Gasteiger partial charge is 0.465 e. The summed E-state index contributed by atoms with van der Waals surface area (Å²) in [6.45, 7) is 2.41. The SMILES string of the molecule is Cc1ccc(CNc2nnccc2C(N)=S)o1. The van der Waals surface area contributed by atoms with Gasteiger partial charge < -0.3 is 15.5 Å². The van der Waals surface area contributed by atoms with E-state index >= 15 is 0 Å². The maximum absolute atomic E-state index is 5.59. The molecule has 0 bridgehead atoms. The average molecular weight is 248 g/mol. The standard InChI is InChI=1S/C11H12N4OS/c1-7-2-3-8(16-7)6-13-11-9(10(12)17)4-5-14-15-11/h2-5H,6H2,1H3,(H2,12,17)(H,13,15). The smallest absolute Gasteiger partial charge is 0.159 e. The molecule has 0 unspecified atom stereocenters. The van der Waals surface area contributed by atoms with Crippen LogP contribution in [0.5, 0.6) is 0 Å². The van der Waals surface area contributed by atoms with Crippen LogP contribution < -0.4 is 11.1 Å². The minimum absolute atomic E-state index is 0.290. The first-order chi connectivity index (χ1) is 8.16. The predicted octanol–water partition coefficient (Wildman–Crippen LogP) is 1.62. The maximum atomic E-state index is 5.59. The van der Waals surface area contributed by atoms with Crippen LogP contribution in [-0.4, -0.2) is 15.2 Å². The number of thiocarbonyl (C=S) groups is 1. The molecular formula is C11H12N4OS. The normalized spacial score (nSPS) is 10.2. The fourth-order valence-electron chi connectivity index (χ4n) is 1.41. The van der Waals surface area contributed by atoms with Gasteiger partial charge in [0.15, 0.2) is 5.82 Å². The van der Waals surface area contributed by atoms with E-state index in [0.29, 0.717) is 17.9 Å². The summed E-state index contributed by atoms with van der Waals surface area (Å²) in [5.41, 5.74) is 6.27. The number of aromatic nitrogens is 2. The number of hydrogen-bond acceptors (Lipinski definition) is 5. The van der Waals surface area contributed by atoms with Gasteiger partial charge in [-0.25, -0.2) is 0 Å². The van der Waals surface area contributed by atoms with Crippen LogP contribution in [0.2, 0.25) is 0 Å². The Bertz CT molecular complexity index is 538. The summed E-state index contributed by atoms with van der Waals surface area (Å²) in [4.78, 5) is 0.290. The van der Waals surface area contributed by atoms with Crippen LogP contribution in [0, 0.1) is 6.92 Å². The Morgan fingerprint density at radius 3 is 2.94 bits per heavy atom. The van der Waals surface area contributed by atoms with Crippen LogP contribution >= 0.6 is 12.2 Å². The Labute approximate surface area is 104 Å². The molecule has 6 heteroatoms. The Balaban J connectivity index is 2.11. The van der Waals surface area contributed by atoms with Crippen LogP contribution in [0.25, 0.3) is 0 Å². The van der Waals surface area contributed by atoms with Crippen molar-refractivity contribution < 1.29 is 4.42 Å². The van der Waals surface area contributed by atoms with Gasteiger partial charge in [-0.15, -0.1) is 5.10 Å². The molecule has 0 aliphatic heterocycles. The molecule has 0 fully saturated rings. The van der Waals surface area contributed by atoms with Gasteiger partial charge in [-0.1, -0.05) is 12.2 Å². The fourth-order valence-corrected chi connectivity index (χ4v) is 1.58. The van der Waals surface area contributed by atoms with E-state index in [1.165, 1.54) is 0 Å². The molecule has 0 aliphatic rings. The van der Waals surface area contributed by atoms with Gasteiger partial charge in [0.05, 0.1) is 18.3 Å². The molecule has 88 valence electrons. The molecule has 2 heterocycles. The Hall–Kier alpha value is -1.95. The van der Waals surface area contributed by atoms with E-state index in [4.69, 9.17) is 22.4 Å². The van der Waals surface area contributed by atoms with Crippen molar-refractivity contribution in [3.8, 4) is 0 Å². The van der Waals surface area contributed by atoms with E-state index in [1.807, 2.05) is 19.1 Å². The molecular weight excluding hydrogens is 236 g/mol. The number of furan rings is 1. The third-order valence-electron chi connectivity index (χ3n) is 2.21. The quantitative estimate of drug-likeness (QED) is 0.801. The molecule has 3 N–H and O–H groups in total. The van der Waals surface area contributed by atoms with Crippen molar-refractivity contribution in [1.82, 2.24) is 10.2 Å². The number of nitrogens with zero attached hydrogens (tertiary/aromatic N) is 2. The second kappa shape index (κ2) is 4.92. The summed E-state index contributed by atoms with van der Waals surface area (Å²) >= 11 is 4.93. The van der Waals surface area contributed by atoms with Gasteiger partial charge in [0.2, 0.25) is 0 Å². The van der Waals surface area contributed by atoms with Crippen LogP contribution in [0.1, 0.15) is 17.1 Å². The monoisotopic (exact) mass is 248 g/mol. The molecule has 0 aliphatic carbocycles. The molecule has 2 aromatic rings. The topological polar surface area (TPSA) is 77.0 Å². The predicted molar refractivity (Wildman–Crippen MR) is 68.7 cm³/mol. The molecule has 2 rings (SSSR count). The van der Waals surface area contributed by atoms with Crippen LogP contribution in [0.15, 0.2) is 28.8 Å². The lowest BCUT2D eigenvalue weighted by Crippen LogP contribution is -2.14. The van der Waals surface area contributed by atoms with Gasteiger partial charge in [0, 0.05) is 0 Å². The molecule has 0 atom stereocenters. The molecule has 0 amide bonds. The summed E-state index contributed by atoms with van der Waals surface area (Å²) < 4.78 is 5.43. The fraction of sp³-hybridized carbons (Fsp3) is 0.182. The summed E-state index contributed by atoms with van der Waals surface area (Å²) in [5.74, 6) is 2.26. The minimum atomic E-state index is 0.290. The summed E-state index contributed by atoms with van der Waals surface area (Å²) in [5, 5.41) is 10.8. The van der Waals surface area contributed by atoms with Crippen molar-refractivity contribution in [2.24, 2.45) is 5.73 Å². The van der Waals surface area contributed by atoms with Crippen LogP contribution in [0.4, 0.5) is 5.82 Å². The van der Waals surface area contributed by atoms with Crippen LogP contribution in [-0.2, 0) is 6.54 Å². The van der Waals surface area contributed by atoms with Gasteiger partial charge in [0.1, 0.15) is 16.5 Å². The van der Waals surface area contributed by atoms with Gasteiger partial charge in [0.25, 0.3) is 0 Å². The highest BCUT2D eigenvalue weighted by atomic mass is 32.1. The van der Waals surface area contributed by atoms with E-state index < -0.39 is 0 Å². The highest BCUT2D eigenvalue weighted by Gasteiger charge is 2.07. The molecule has 0 spiro atoms. The van der Waals surface area contributed by atoms with Gasteiger partial charge >= 0.3 is 0 Å². The Kier molecular flexibility index (Phi) is 3.34. The van der Waals surface area contributed by atoms with Crippen molar-refractivity contribution in [2.45, 2.75) is 13.5 Å². The molecule has 17 heavy (non-hydrogen) atoms. The van der Waals surface area contributed by atoms with E-state index in [-0.39, 0.29) is 4.99 Å². The summed E-state index contributed by atoms with van der Waals surface area (Å²) in [7, 11) is 0. The van der Waals surface area contributed by atoms with Crippen molar-refractivity contribution in [3.63, 3.8) is 0 Å².